The van der Waals surface area contributed by atoms with Crippen molar-refractivity contribution in [3.8, 4) is 0 Å². The van der Waals surface area contributed by atoms with Crippen molar-refractivity contribution in [2.45, 2.75) is 139 Å². The number of halogens is 47. The molecular formula is C24HF47O9. The molecule has 0 bridgehead atoms. The van der Waals surface area contributed by atoms with Gasteiger partial charge >= 0.3 is 145 Å². The Bertz CT molecular complexity index is 2180. The number of ether oxygens (including phenoxy) is 7. The summed E-state index contributed by atoms with van der Waals surface area (Å²) in [7, 11) is 0. The first-order valence-corrected chi connectivity index (χ1v) is 16.2. The summed E-state index contributed by atoms with van der Waals surface area (Å²) in [5, 5.41) is 8.00. The third kappa shape index (κ3) is 12.3. The molecular weight excluding hydrogens is 1330 g/mol. The standard InChI is InChI=1S/C24HF47O9/c25-2(1(72)73,10(34,35)36)74-19(60,61)4(28,12(40,41)42)76-21(64,65)6(30,14(46,47)48)78-23(68,69)8(32,16(52,53)54)80-24(70,71)9(33,17(55,56)57)79-22(66,67)7(31,15(49,50)51)77-20(62,63)5(29,13(43,44)45)75-18(58,59)3(26,27)11(37,38)39/h(H,72,73). The maximum Gasteiger partial charge on any atom is 0.462 e. The highest BCUT2D eigenvalue weighted by Gasteiger charge is 2.93. The minimum absolute atomic E-state index is 0.456. The maximum atomic E-state index is 14.9. The second-order valence-electron chi connectivity index (χ2n) is 13.4. The summed E-state index contributed by atoms with van der Waals surface area (Å²) in [6.45, 7) is 0. The first-order chi connectivity index (χ1) is 33.6. The molecule has 1 N–H and O–H groups in total. The fraction of sp³-hybridized carbons (Fsp3) is 0.958. The number of hydrogen-bond donors (Lipinski definition) is 1. The quantitative estimate of drug-likeness (QED) is 0.106. The molecule has 0 saturated heterocycles. The van der Waals surface area contributed by atoms with Crippen LogP contribution in [0, 0.1) is 0 Å². The Labute approximate surface area is 396 Å². The van der Waals surface area contributed by atoms with E-state index in [1.54, 1.807) is 0 Å². The van der Waals surface area contributed by atoms with E-state index < -0.39 is 145 Å². The van der Waals surface area contributed by atoms with Gasteiger partial charge in [0.2, 0.25) is 0 Å². The van der Waals surface area contributed by atoms with Crippen LogP contribution >= 0.6 is 0 Å². The van der Waals surface area contributed by atoms with Gasteiger partial charge in [0.1, 0.15) is 0 Å². The van der Waals surface area contributed by atoms with Crippen molar-refractivity contribution in [3.05, 3.63) is 0 Å². The Morgan fingerprint density at radius 1 is 0.200 bits per heavy atom. The molecule has 9 nitrogen and oxygen atoms in total. The van der Waals surface area contributed by atoms with Gasteiger partial charge in [-0.3, -0.25) is 33.2 Å². The molecule has 0 aliphatic heterocycles. The minimum atomic E-state index is -10.1. The first-order valence-electron chi connectivity index (χ1n) is 16.2. The van der Waals surface area contributed by atoms with Gasteiger partial charge in [0.05, 0.1) is 0 Å². The van der Waals surface area contributed by atoms with Crippen LogP contribution in [0.1, 0.15) is 0 Å². The normalized spacial score (nSPS) is 21.1. The topological polar surface area (TPSA) is 102 Å². The molecule has 0 aromatic heterocycles. The number of carbonyl (C=O) groups is 1. The zero-order chi connectivity index (χ0) is 66.0. The average Bonchev–Trinajstić information content (AvgIpc) is 3.12. The van der Waals surface area contributed by atoms with Crippen molar-refractivity contribution in [3.63, 3.8) is 0 Å². The number of rotatable bonds is 22. The van der Waals surface area contributed by atoms with Crippen molar-refractivity contribution >= 4 is 5.97 Å². The molecule has 80 heavy (non-hydrogen) atoms. The largest absolute Gasteiger partial charge is 0.477 e. The minimum Gasteiger partial charge on any atom is -0.477 e. The summed E-state index contributed by atoms with van der Waals surface area (Å²) in [4.78, 5) is 10.4. The van der Waals surface area contributed by atoms with E-state index in [4.69, 9.17) is 5.11 Å². The molecule has 0 aliphatic rings. The molecule has 7 unspecified atom stereocenters. The Balaban J connectivity index is 8.50. The number of aliphatic carboxylic acids is 1. The SMILES string of the molecule is O=C(O)C(F)(OC(F)(F)C(F)(OC(F)(F)C(F)(OC(F)(F)C(F)(OC(F)(F)C(F)(OC(F)(F)C(F)(OC(F)(F)C(F)(OC(F)(F)C(F)(F)C(F)(F)F)C(F)(F)F)C(F)(F)F)C(F)(F)F)C(F)(F)F)C(F)(F)F)C(F)(F)F)C(F)(F)F. The van der Waals surface area contributed by atoms with Crippen LogP contribution in [0.4, 0.5) is 206 Å². The molecule has 7 atom stereocenters. The fourth-order valence-corrected chi connectivity index (χ4v) is 3.78. The average molecular weight is 1330 g/mol. The number of hydrogen-bond acceptors (Lipinski definition) is 8. The molecule has 0 heterocycles. The molecule has 0 aromatic rings. The van der Waals surface area contributed by atoms with E-state index in [1.165, 1.54) is 0 Å². The predicted molar refractivity (Wildman–Crippen MR) is 130 cm³/mol. The lowest BCUT2D eigenvalue weighted by molar-refractivity contribution is -0.608. The molecule has 0 spiro atoms. The van der Waals surface area contributed by atoms with Crippen molar-refractivity contribution < 1.29 is 249 Å². The second kappa shape index (κ2) is 19.8. The summed E-state index contributed by atoms with van der Waals surface area (Å²) >= 11 is 0. The van der Waals surface area contributed by atoms with Crippen LogP contribution in [0.2, 0.25) is 0 Å². The van der Waals surface area contributed by atoms with E-state index in [0.717, 1.165) is 4.74 Å². The molecule has 0 amide bonds. The summed E-state index contributed by atoms with van der Waals surface area (Å²) in [5.74, 6) is -80.5. The van der Waals surface area contributed by atoms with Gasteiger partial charge in [0.15, 0.2) is 0 Å². The Morgan fingerprint density at radius 2 is 0.338 bits per heavy atom. The van der Waals surface area contributed by atoms with Crippen LogP contribution in [0.5, 0.6) is 0 Å². The smallest absolute Gasteiger partial charge is 0.462 e. The molecule has 0 fully saturated rings. The van der Waals surface area contributed by atoms with Gasteiger partial charge in [-0.15, -0.1) is 0 Å². The second-order valence-corrected chi connectivity index (χ2v) is 13.4. The Kier molecular flexibility index (Phi) is 18.7. The van der Waals surface area contributed by atoms with Crippen LogP contribution in [-0.2, 0) is 38.0 Å². The Hall–Kier alpha value is -4.10. The van der Waals surface area contributed by atoms with Gasteiger partial charge in [0.25, 0.3) is 0 Å². The van der Waals surface area contributed by atoms with Crippen LogP contribution in [0.15, 0.2) is 0 Å². The van der Waals surface area contributed by atoms with Gasteiger partial charge in [-0.05, 0) is 0 Å². The van der Waals surface area contributed by atoms with Crippen molar-refractivity contribution in [2.24, 2.45) is 0 Å². The lowest BCUT2D eigenvalue weighted by atomic mass is 10.2. The third-order valence-corrected chi connectivity index (χ3v) is 7.68. The van der Waals surface area contributed by atoms with Gasteiger partial charge in [0, 0.05) is 0 Å². The maximum absolute atomic E-state index is 14.9. The Morgan fingerprint density at radius 3 is 0.450 bits per heavy atom. The van der Waals surface area contributed by atoms with Crippen molar-refractivity contribution in [1.82, 2.24) is 0 Å². The van der Waals surface area contributed by atoms with Crippen LogP contribution in [-0.4, -0.2) is 150 Å². The monoisotopic (exact) mass is 1330 g/mol. The molecule has 0 rings (SSSR count). The van der Waals surface area contributed by atoms with E-state index in [0.29, 0.717) is 28.4 Å². The van der Waals surface area contributed by atoms with E-state index >= 15 is 0 Å². The molecule has 0 aliphatic carbocycles. The number of carboxylic acid groups (broad SMARTS) is 1. The predicted octanol–water partition coefficient (Wildman–Crippen LogP) is 14.1. The summed E-state index contributed by atoms with van der Waals surface area (Å²) < 4.78 is 647. The van der Waals surface area contributed by atoms with Crippen molar-refractivity contribution in [1.29, 1.82) is 0 Å². The zero-order valence-corrected chi connectivity index (χ0v) is 33.5. The summed E-state index contributed by atoms with van der Waals surface area (Å²) in [6.07, 6.45) is -141. The summed E-state index contributed by atoms with van der Waals surface area (Å²) in [5.41, 5.74) is 0. The summed E-state index contributed by atoms with van der Waals surface area (Å²) in [6, 6.07) is 0. The van der Waals surface area contributed by atoms with Gasteiger partial charge in [-0.1, -0.05) is 0 Å². The van der Waals surface area contributed by atoms with E-state index in [9.17, 15) is 211 Å². The number of alkyl halides is 47. The fourth-order valence-electron chi connectivity index (χ4n) is 3.78. The highest BCUT2D eigenvalue weighted by atomic mass is 19.5. The first kappa shape index (κ1) is 75.9. The van der Waals surface area contributed by atoms with E-state index in [1.807, 2.05) is 0 Å². The van der Waals surface area contributed by atoms with Crippen LogP contribution < -0.4 is 0 Å². The van der Waals surface area contributed by atoms with Crippen molar-refractivity contribution in [2.75, 3.05) is 0 Å². The van der Waals surface area contributed by atoms with Gasteiger partial charge in [-0.2, -0.15) is 206 Å². The van der Waals surface area contributed by atoms with E-state index in [-0.39, 0.29) is 0 Å². The lowest BCUT2D eigenvalue weighted by Gasteiger charge is -2.45. The van der Waals surface area contributed by atoms with Crippen LogP contribution in [0.3, 0.4) is 0 Å². The highest BCUT2D eigenvalue weighted by molar-refractivity contribution is 5.76. The molecule has 0 radical (unpaired) electrons. The molecule has 0 aromatic carbocycles. The van der Waals surface area contributed by atoms with Gasteiger partial charge < -0.3 is 5.11 Å². The van der Waals surface area contributed by atoms with Gasteiger partial charge in [-0.25, -0.2) is 4.79 Å². The third-order valence-electron chi connectivity index (χ3n) is 7.68. The molecule has 56 heteroatoms. The zero-order valence-electron chi connectivity index (χ0n) is 33.5. The lowest BCUT2D eigenvalue weighted by Crippen LogP contribution is -2.73. The van der Waals surface area contributed by atoms with E-state index in [2.05, 4.69) is 0 Å². The highest BCUT2D eigenvalue weighted by Crippen LogP contribution is 2.64. The number of carboxylic acids is 1. The molecule has 480 valence electrons. The molecule has 0 saturated carbocycles. The van der Waals surface area contributed by atoms with Crippen LogP contribution in [0.25, 0.3) is 0 Å².